The molecule has 8 nitrogen and oxygen atoms in total. The molecule has 0 saturated heterocycles. The first-order valence-electron chi connectivity index (χ1n) is 4.56. The molecule has 0 unspecified atom stereocenters. The lowest BCUT2D eigenvalue weighted by molar-refractivity contribution is 0.677. The number of nitrogens with two attached hydrogens (primary N) is 2. The van der Waals surface area contributed by atoms with Gasteiger partial charge in [-0.1, -0.05) is 6.92 Å². The van der Waals surface area contributed by atoms with Gasteiger partial charge in [-0.15, -0.1) is 10.2 Å². The molecule has 0 saturated carbocycles. The first-order valence-corrected chi connectivity index (χ1v) is 4.56. The quantitative estimate of drug-likeness (QED) is 0.543. The molecule has 0 aliphatic rings. The molecule has 80 valence electrons. The molecule has 2 aromatic heterocycles. The lowest BCUT2D eigenvalue weighted by atomic mass is 10.1. The van der Waals surface area contributed by atoms with Crippen LogP contribution >= 0.6 is 0 Å². The van der Waals surface area contributed by atoms with Gasteiger partial charge in [0.2, 0.25) is 11.9 Å². The highest BCUT2D eigenvalue weighted by atomic mass is 15.3. The summed E-state index contributed by atoms with van der Waals surface area (Å²) >= 11 is 0. The Balaban J connectivity index is 2.32. The van der Waals surface area contributed by atoms with E-state index < -0.39 is 0 Å². The van der Waals surface area contributed by atoms with Gasteiger partial charge in [-0.2, -0.15) is 9.97 Å². The zero-order chi connectivity index (χ0) is 10.8. The SMILES string of the molecule is CCC(c1nc(N)n[nH]1)c1nc(N)n[nH]1. The number of aromatic nitrogens is 6. The molecule has 15 heavy (non-hydrogen) atoms. The summed E-state index contributed by atoms with van der Waals surface area (Å²) in [7, 11) is 0. The van der Waals surface area contributed by atoms with Crippen molar-refractivity contribution in [2.75, 3.05) is 11.5 Å². The minimum atomic E-state index is -0.0420. The van der Waals surface area contributed by atoms with E-state index in [-0.39, 0.29) is 17.8 Å². The molecule has 0 amide bonds. The van der Waals surface area contributed by atoms with E-state index in [1.165, 1.54) is 0 Å². The highest BCUT2D eigenvalue weighted by molar-refractivity contribution is 5.21. The molecule has 0 aliphatic carbocycles. The number of nitrogens with one attached hydrogen (secondary N) is 2. The van der Waals surface area contributed by atoms with Gasteiger partial charge >= 0.3 is 0 Å². The highest BCUT2D eigenvalue weighted by Gasteiger charge is 2.19. The molecule has 0 radical (unpaired) electrons. The van der Waals surface area contributed by atoms with Crippen molar-refractivity contribution in [1.82, 2.24) is 30.4 Å². The van der Waals surface area contributed by atoms with Crippen LogP contribution in [0.1, 0.15) is 30.9 Å². The van der Waals surface area contributed by atoms with Crippen LogP contribution in [0.4, 0.5) is 11.9 Å². The van der Waals surface area contributed by atoms with E-state index in [2.05, 4.69) is 30.4 Å². The van der Waals surface area contributed by atoms with Gasteiger partial charge in [-0.05, 0) is 6.42 Å². The largest absolute Gasteiger partial charge is 0.367 e. The van der Waals surface area contributed by atoms with Crippen molar-refractivity contribution in [3.05, 3.63) is 11.6 Å². The highest BCUT2D eigenvalue weighted by Crippen LogP contribution is 2.22. The first-order chi connectivity index (χ1) is 7.20. The van der Waals surface area contributed by atoms with Crippen molar-refractivity contribution in [1.29, 1.82) is 0 Å². The molecular weight excluding hydrogens is 196 g/mol. The minimum absolute atomic E-state index is 0.0420. The second-order valence-electron chi connectivity index (χ2n) is 3.12. The summed E-state index contributed by atoms with van der Waals surface area (Å²) in [5.74, 6) is 1.71. The average Bonchev–Trinajstić information content (AvgIpc) is 2.78. The lowest BCUT2D eigenvalue weighted by Gasteiger charge is -2.06. The van der Waals surface area contributed by atoms with Crippen LogP contribution in [0, 0.1) is 0 Å². The maximum atomic E-state index is 5.43. The van der Waals surface area contributed by atoms with E-state index in [0.717, 1.165) is 6.42 Å². The topological polar surface area (TPSA) is 135 Å². The van der Waals surface area contributed by atoms with E-state index >= 15 is 0 Å². The Kier molecular flexibility index (Phi) is 2.24. The number of rotatable bonds is 3. The molecule has 0 aliphatic heterocycles. The monoisotopic (exact) mass is 208 g/mol. The number of hydrogen-bond donors (Lipinski definition) is 4. The summed E-state index contributed by atoms with van der Waals surface area (Å²) < 4.78 is 0. The molecule has 0 atom stereocenters. The van der Waals surface area contributed by atoms with Crippen LogP contribution in [0.2, 0.25) is 0 Å². The number of aromatic amines is 2. The molecule has 8 heteroatoms. The minimum Gasteiger partial charge on any atom is -0.367 e. The van der Waals surface area contributed by atoms with E-state index in [1.807, 2.05) is 6.92 Å². The van der Waals surface area contributed by atoms with Gasteiger partial charge in [-0.3, -0.25) is 10.2 Å². The van der Waals surface area contributed by atoms with Crippen molar-refractivity contribution in [2.45, 2.75) is 19.3 Å². The summed E-state index contributed by atoms with van der Waals surface area (Å²) in [6.07, 6.45) is 0.795. The van der Waals surface area contributed by atoms with Crippen LogP contribution in [0.25, 0.3) is 0 Å². The van der Waals surface area contributed by atoms with E-state index in [4.69, 9.17) is 11.5 Å². The van der Waals surface area contributed by atoms with Crippen LogP contribution in [-0.2, 0) is 0 Å². The fourth-order valence-corrected chi connectivity index (χ4v) is 1.40. The van der Waals surface area contributed by atoms with Crippen LogP contribution in [-0.4, -0.2) is 30.4 Å². The van der Waals surface area contributed by atoms with Gasteiger partial charge in [0.1, 0.15) is 11.6 Å². The molecule has 0 fully saturated rings. The Bertz CT molecular complexity index is 403. The van der Waals surface area contributed by atoms with E-state index in [9.17, 15) is 0 Å². The fraction of sp³-hybridized carbons (Fsp3) is 0.429. The Morgan fingerprint density at radius 3 is 1.80 bits per heavy atom. The normalized spacial score (nSPS) is 11.1. The van der Waals surface area contributed by atoms with Gasteiger partial charge in [-0.25, -0.2) is 0 Å². The predicted molar refractivity (Wildman–Crippen MR) is 53.7 cm³/mol. The summed E-state index contributed by atoms with van der Waals surface area (Å²) in [5.41, 5.74) is 10.9. The molecule has 6 N–H and O–H groups in total. The maximum absolute atomic E-state index is 5.43. The van der Waals surface area contributed by atoms with Crippen molar-refractivity contribution >= 4 is 11.9 Å². The summed E-state index contributed by atoms with van der Waals surface area (Å²) in [5, 5.41) is 13.0. The number of H-pyrrole nitrogens is 2. The Morgan fingerprint density at radius 1 is 1.07 bits per heavy atom. The van der Waals surface area contributed by atoms with Crippen LogP contribution in [0.5, 0.6) is 0 Å². The number of nitrogen functional groups attached to an aromatic ring is 2. The standard InChI is InChI=1S/C7H12N8/c1-2-3(4-10-6(8)14-12-4)5-11-7(9)15-13-5/h3H,2H2,1H3,(H3,8,10,12,14)(H3,9,11,13,15). The third-order valence-corrected chi connectivity index (χ3v) is 2.11. The summed E-state index contributed by atoms with van der Waals surface area (Å²) in [6, 6.07) is 0. The third kappa shape index (κ3) is 1.73. The zero-order valence-electron chi connectivity index (χ0n) is 8.23. The zero-order valence-corrected chi connectivity index (χ0v) is 8.23. The number of nitrogens with zero attached hydrogens (tertiary/aromatic N) is 4. The summed E-state index contributed by atoms with van der Waals surface area (Å²) in [6.45, 7) is 2.00. The molecule has 2 rings (SSSR count). The second-order valence-corrected chi connectivity index (χ2v) is 3.12. The molecule has 0 aromatic carbocycles. The van der Waals surface area contributed by atoms with E-state index in [0.29, 0.717) is 11.6 Å². The molecular formula is C7H12N8. The Hall–Kier alpha value is -2.12. The van der Waals surface area contributed by atoms with Gasteiger partial charge in [0.25, 0.3) is 0 Å². The van der Waals surface area contributed by atoms with Crippen LogP contribution in [0.3, 0.4) is 0 Å². The average molecular weight is 208 g/mol. The van der Waals surface area contributed by atoms with Crippen molar-refractivity contribution in [2.24, 2.45) is 0 Å². The Labute approximate surface area is 85.5 Å². The third-order valence-electron chi connectivity index (χ3n) is 2.11. The smallest absolute Gasteiger partial charge is 0.239 e. The molecule has 2 heterocycles. The Morgan fingerprint density at radius 2 is 1.53 bits per heavy atom. The fourth-order valence-electron chi connectivity index (χ4n) is 1.40. The number of hydrogen-bond acceptors (Lipinski definition) is 6. The first kappa shape index (κ1) is 9.44. The van der Waals surface area contributed by atoms with Crippen LogP contribution in [0.15, 0.2) is 0 Å². The summed E-state index contributed by atoms with van der Waals surface area (Å²) in [4.78, 5) is 8.10. The van der Waals surface area contributed by atoms with Gasteiger partial charge in [0.15, 0.2) is 0 Å². The second kappa shape index (κ2) is 3.56. The van der Waals surface area contributed by atoms with Gasteiger partial charge in [0, 0.05) is 0 Å². The predicted octanol–water partition coefficient (Wildman–Crippen LogP) is -0.371. The van der Waals surface area contributed by atoms with Crippen LogP contribution < -0.4 is 11.5 Å². The molecule has 0 spiro atoms. The van der Waals surface area contributed by atoms with Gasteiger partial charge < -0.3 is 11.5 Å². The van der Waals surface area contributed by atoms with Crippen molar-refractivity contribution < 1.29 is 0 Å². The molecule has 0 bridgehead atoms. The maximum Gasteiger partial charge on any atom is 0.239 e. The van der Waals surface area contributed by atoms with Crippen molar-refractivity contribution in [3.8, 4) is 0 Å². The number of anilines is 2. The van der Waals surface area contributed by atoms with Crippen molar-refractivity contribution in [3.63, 3.8) is 0 Å². The van der Waals surface area contributed by atoms with Gasteiger partial charge in [0.05, 0.1) is 5.92 Å². The van der Waals surface area contributed by atoms with E-state index in [1.54, 1.807) is 0 Å². The lowest BCUT2D eigenvalue weighted by Crippen LogP contribution is -2.04. The molecule has 2 aromatic rings.